The maximum Gasteiger partial charge on any atom is 0.270 e. The molecule has 2 aromatic carbocycles. The maximum absolute atomic E-state index is 12.8. The van der Waals surface area contributed by atoms with Gasteiger partial charge in [0, 0.05) is 44.5 Å². The number of sulfonamides is 1. The van der Waals surface area contributed by atoms with Crippen LogP contribution >= 0.6 is 0 Å². The van der Waals surface area contributed by atoms with Crippen LogP contribution in [0.2, 0.25) is 0 Å². The number of aryl methyl sites for hydroxylation is 1. The maximum atomic E-state index is 12.8. The van der Waals surface area contributed by atoms with Gasteiger partial charge in [0.2, 0.25) is 10.0 Å². The van der Waals surface area contributed by atoms with Crippen LogP contribution in [0.25, 0.3) is 0 Å². The molecule has 0 amide bonds. The van der Waals surface area contributed by atoms with E-state index < -0.39 is 14.9 Å². The largest absolute Gasteiger partial charge is 0.378 e. The average Bonchev–Trinajstić information content (AvgIpc) is 2.61. The lowest BCUT2D eigenvalue weighted by atomic mass is 10.1. The van der Waals surface area contributed by atoms with Crippen molar-refractivity contribution < 1.29 is 13.3 Å². The normalized spacial score (nSPS) is 12.8. The Morgan fingerprint density at radius 1 is 1.07 bits per heavy atom. The fraction of sp³-hybridized carbons (Fsp3) is 0.368. The lowest BCUT2D eigenvalue weighted by Gasteiger charge is -2.26. The van der Waals surface area contributed by atoms with Gasteiger partial charge in [0.25, 0.3) is 5.69 Å². The van der Waals surface area contributed by atoms with E-state index in [1.807, 2.05) is 62.3 Å². The van der Waals surface area contributed by atoms with Crippen molar-refractivity contribution in [1.82, 2.24) is 9.62 Å². The van der Waals surface area contributed by atoms with Crippen molar-refractivity contribution in [3.63, 3.8) is 0 Å². The monoisotopic (exact) mass is 406 g/mol. The van der Waals surface area contributed by atoms with Gasteiger partial charge in [-0.1, -0.05) is 18.2 Å². The minimum atomic E-state index is -3.89. The molecule has 0 aliphatic rings. The number of rotatable bonds is 8. The van der Waals surface area contributed by atoms with Crippen molar-refractivity contribution in [1.29, 1.82) is 0 Å². The molecular weight excluding hydrogens is 380 g/mol. The lowest BCUT2D eigenvalue weighted by Crippen LogP contribution is -2.34. The molecule has 9 heteroatoms. The fourth-order valence-electron chi connectivity index (χ4n) is 2.85. The number of nitrogens with zero attached hydrogens (tertiary/aromatic N) is 3. The molecule has 8 nitrogen and oxygen atoms in total. The highest BCUT2D eigenvalue weighted by Gasteiger charge is 2.23. The molecule has 1 atom stereocenters. The highest BCUT2D eigenvalue weighted by Crippen LogP contribution is 2.24. The third kappa shape index (κ3) is 5.06. The molecule has 1 unspecified atom stereocenters. The van der Waals surface area contributed by atoms with Crippen LogP contribution in [0.5, 0.6) is 0 Å². The number of nitrogens with one attached hydrogen (secondary N) is 1. The fourth-order valence-corrected chi connectivity index (χ4v) is 4.15. The molecule has 28 heavy (non-hydrogen) atoms. The minimum absolute atomic E-state index is 0.0813. The Morgan fingerprint density at radius 3 is 2.18 bits per heavy atom. The molecule has 0 aliphatic carbocycles. The highest BCUT2D eigenvalue weighted by molar-refractivity contribution is 7.89. The summed E-state index contributed by atoms with van der Waals surface area (Å²) in [7, 11) is 3.76. The third-order valence-electron chi connectivity index (χ3n) is 4.56. The number of nitro benzene ring substituents is 1. The van der Waals surface area contributed by atoms with E-state index in [0.717, 1.165) is 17.3 Å². The first-order valence-corrected chi connectivity index (χ1v) is 10.2. The van der Waals surface area contributed by atoms with Crippen LogP contribution in [0.15, 0.2) is 47.4 Å². The van der Waals surface area contributed by atoms with Crippen LogP contribution in [0.3, 0.4) is 0 Å². The number of hydrogen-bond donors (Lipinski definition) is 1. The zero-order valence-electron chi connectivity index (χ0n) is 16.7. The molecule has 0 spiro atoms. The molecule has 0 aliphatic heterocycles. The Bertz CT molecular complexity index is 941. The van der Waals surface area contributed by atoms with Gasteiger partial charge in [0.05, 0.1) is 9.82 Å². The topological polar surface area (TPSA) is 95.8 Å². The minimum Gasteiger partial charge on any atom is -0.378 e. The molecule has 2 aromatic rings. The van der Waals surface area contributed by atoms with Crippen molar-refractivity contribution in [2.75, 3.05) is 39.6 Å². The number of nitro groups is 1. The van der Waals surface area contributed by atoms with Crippen LogP contribution in [0.4, 0.5) is 11.4 Å². The van der Waals surface area contributed by atoms with Crippen LogP contribution in [-0.2, 0) is 10.0 Å². The van der Waals surface area contributed by atoms with Gasteiger partial charge in [-0.15, -0.1) is 0 Å². The smallest absolute Gasteiger partial charge is 0.270 e. The van der Waals surface area contributed by atoms with Crippen molar-refractivity contribution in [3.8, 4) is 0 Å². The van der Waals surface area contributed by atoms with E-state index in [9.17, 15) is 18.5 Å². The average molecular weight is 407 g/mol. The van der Waals surface area contributed by atoms with Crippen molar-refractivity contribution in [3.05, 3.63) is 63.7 Å². The summed E-state index contributed by atoms with van der Waals surface area (Å²) in [5, 5.41) is 11.0. The molecule has 0 saturated heterocycles. The summed E-state index contributed by atoms with van der Waals surface area (Å²) in [6.07, 6.45) is 0. The van der Waals surface area contributed by atoms with E-state index in [-0.39, 0.29) is 23.2 Å². The van der Waals surface area contributed by atoms with Crippen LogP contribution < -0.4 is 9.62 Å². The van der Waals surface area contributed by atoms with Gasteiger partial charge in [0.1, 0.15) is 0 Å². The number of benzene rings is 2. The summed E-state index contributed by atoms with van der Waals surface area (Å²) in [4.78, 5) is 14.2. The number of hydrogen-bond acceptors (Lipinski definition) is 6. The predicted molar refractivity (Wildman–Crippen MR) is 110 cm³/mol. The van der Waals surface area contributed by atoms with E-state index in [1.165, 1.54) is 12.1 Å². The summed E-state index contributed by atoms with van der Waals surface area (Å²) in [5.74, 6) is 0. The standard InChI is InChI=1S/C19H26N4O4S/c1-14-6-9-17(23(24)25)12-19(14)28(26,27)20-13-18(22(4)5)15-7-10-16(11-8-15)21(2)3/h6-12,18,20H,13H2,1-5H3. The Balaban J connectivity index is 2.25. The zero-order valence-corrected chi connectivity index (χ0v) is 17.5. The second kappa shape index (κ2) is 8.68. The Hall–Kier alpha value is -2.49. The third-order valence-corrected chi connectivity index (χ3v) is 6.12. The van der Waals surface area contributed by atoms with Crippen molar-refractivity contribution in [2.45, 2.75) is 17.9 Å². The van der Waals surface area contributed by atoms with E-state index in [4.69, 9.17) is 0 Å². The Morgan fingerprint density at radius 2 is 1.68 bits per heavy atom. The number of non-ortho nitro benzene ring substituents is 1. The lowest BCUT2D eigenvalue weighted by molar-refractivity contribution is -0.385. The van der Waals surface area contributed by atoms with Gasteiger partial charge in [-0.25, -0.2) is 13.1 Å². The first-order valence-electron chi connectivity index (χ1n) is 8.71. The van der Waals surface area contributed by atoms with Gasteiger partial charge in [0.15, 0.2) is 0 Å². The predicted octanol–water partition coefficient (Wildman–Crippen LogP) is 2.55. The van der Waals surface area contributed by atoms with E-state index in [2.05, 4.69) is 4.72 Å². The van der Waals surface area contributed by atoms with Gasteiger partial charge in [-0.2, -0.15) is 0 Å². The zero-order chi connectivity index (χ0) is 21.1. The molecule has 0 aromatic heterocycles. The van der Waals surface area contributed by atoms with Gasteiger partial charge in [-0.3, -0.25) is 10.1 Å². The highest BCUT2D eigenvalue weighted by atomic mass is 32.2. The van der Waals surface area contributed by atoms with Crippen LogP contribution in [0.1, 0.15) is 17.2 Å². The SMILES string of the molecule is Cc1ccc([N+](=O)[O-])cc1S(=O)(=O)NCC(c1ccc(N(C)C)cc1)N(C)C. The van der Waals surface area contributed by atoms with Gasteiger partial charge < -0.3 is 9.80 Å². The first kappa shape index (κ1) is 21.8. The van der Waals surface area contributed by atoms with E-state index in [0.29, 0.717) is 5.56 Å². The summed E-state index contributed by atoms with van der Waals surface area (Å²) in [6.45, 7) is 1.75. The first-order chi connectivity index (χ1) is 13.0. The second-order valence-electron chi connectivity index (χ2n) is 7.02. The molecule has 0 bridgehead atoms. The molecule has 0 fully saturated rings. The summed E-state index contributed by atoms with van der Waals surface area (Å²) < 4.78 is 28.1. The van der Waals surface area contributed by atoms with Crippen LogP contribution in [-0.4, -0.2) is 53.0 Å². The number of anilines is 1. The van der Waals surface area contributed by atoms with Crippen molar-refractivity contribution in [2.24, 2.45) is 0 Å². The van der Waals surface area contributed by atoms with E-state index >= 15 is 0 Å². The summed E-state index contributed by atoms with van der Waals surface area (Å²) in [5.41, 5.74) is 2.22. The molecule has 0 saturated carbocycles. The molecule has 0 radical (unpaired) electrons. The van der Waals surface area contributed by atoms with Gasteiger partial charge >= 0.3 is 0 Å². The Kier molecular flexibility index (Phi) is 6.76. The Labute approximate surface area is 166 Å². The van der Waals surface area contributed by atoms with Gasteiger partial charge in [-0.05, 0) is 44.3 Å². The molecule has 1 N–H and O–H groups in total. The quantitative estimate of drug-likeness (QED) is 0.535. The summed E-state index contributed by atoms with van der Waals surface area (Å²) in [6, 6.07) is 11.5. The molecule has 2 rings (SSSR count). The second-order valence-corrected chi connectivity index (χ2v) is 8.76. The molecule has 152 valence electrons. The van der Waals surface area contributed by atoms with Crippen molar-refractivity contribution >= 4 is 21.4 Å². The molecule has 0 heterocycles. The number of likely N-dealkylation sites (N-methyl/N-ethyl adjacent to an activating group) is 1. The molecular formula is C19H26N4O4S. The summed E-state index contributed by atoms with van der Waals surface area (Å²) >= 11 is 0. The van der Waals surface area contributed by atoms with E-state index in [1.54, 1.807) is 6.92 Å². The van der Waals surface area contributed by atoms with Crippen LogP contribution in [0, 0.1) is 17.0 Å².